The minimum atomic E-state index is -0.529. The Labute approximate surface area is 157 Å². The standard InChI is InChI=1S/C18H15N7OS/c19-15(26)17-24-13(8-27-17)11-2-1-3-12-14(11)25-16(23-12)9-6-20-18(21-7-9)22-10-4-5-10/h1-3,6-8,10H,4-5H2,(H2,19,26)(H,23,25)(H,20,21,22). The maximum atomic E-state index is 11.3. The van der Waals surface area contributed by atoms with Gasteiger partial charge in [0, 0.05) is 29.4 Å². The molecule has 1 aromatic carbocycles. The summed E-state index contributed by atoms with van der Waals surface area (Å²) in [5.74, 6) is 0.790. The number of carbonyl (C=O) groups excluding carboxylic acids is 1. The summed E-state index contributed by atoms with van der Waals surface area (Å²) >= 11 is 1.23. The van der Waals surface area contributed by atoms with Crippen LogP contribution in [0.4, 0.5) is 5.95 Å². The van der Waals surface area contributed by atoms with Crippen molar-refractivity contribution in [2.75, 3.05) is 5.32 Å². The third kappa shape index (κ3) is 3.02. The van der Waals surface area contributed by atoms with E-state index >= 15 is 0 Å². The Morgan fingerprint density at radius 2 is 2.04 bits per heavy atom. The van der Waals surface area contributed by atoms with Gasteiger partial charge in [0.15, 0.2) is 5.01 Å². The summed E-state index contributed by atoms with van der Waals surface area (Å²) in [5.41, 5.74) is 9.27. The Bertz CT molecular complexity index is 1140. The Hall–Kier alpha value is -3.33. The normalized spacial score (nSPS) is 13.8. The molecular formula is C18H15N7OS. The molecule has 8 nitrogen and oxygen atoms in total. The number of primary amides is 1. The van der Waals surface area contributed by atoms with E-state index in [1.165, 1.54) is 24.2 Å². The number of amides is 1. The SMILES string of the molecule is NC(=O)c1nc(-c2cccc3[nH]c(-c4cnc(NC5CC5)nc4)nc23)cs1. The number of benzene rings is 1. The Morgan fingerprint density at radius 1 is 1.22 bits per heavy atom. The van der Waals surface area contributed by atoms with Gasteiger partial charge < -0.3 is 16.0 Å². The second-order valence-corrected chi connectivity index (χ2v) is 7.26. The summed E-state index contributed by atoms with van der Waals surface area (Å²) in [6, 6.07) is 6.29. The molecule has 3 heterocycles. The maximum absolute atomic E-state index is 11.3. The third-order valence-corrected chi connectivity index (χ3v) is 5.20. The second-order valence-electron chi connectivity index (χ2n) is 6.40. The fourth-order valence-electron chi connectivity index (χ4n) is 2.82. The van der Waals surface area contributed by atoms with Gasteiger partial charge in [-0.25, -0.2) is 19.9 Å². The predicted octanol–water partition coefficient (Wildman–Crippen LogP) is 2.82. The fourth-order valence-corrected chi connectivity index (χ4v) is 3.49. The molecular weight excluding hydrogens is 362 g/mol. The van der Waals surface area contributed by atoms with Gasteiger partial charge in [0.05, 0.1) is 22.3 Å². The lowest BCUT2D eigenvalue weighted by Crippen LogP contribution is -2.10. The zero-order chi connectivity index (χ0) is 18.4. The molecule has 1 aliphatic carbocycles. The van der Waals surface area contributed by atoms with Crippen molar-refractivity contribution in [3.05, 3.63) is 41.0 Å². The van der Waals surface area contributed by atoms with Crippen LogP contribution >= 0.6 is 11.3 Å². The van der Waals surface area contributed by atoms with Crippen LogP contribution in [0, 0.1) is 0 Å². The van der Waals surface area contributed by atoms with Crippen LogP contribution in [0.25, 0.3) is 33.7 Å². The Kier molecular flexibility index (Phi) is 3.61. The average Bonchev–Trinajstić information content (AvgIpc) is 3.19. The lowest BCUT2D eigenvalue weighted by Gasteiger charge is -2.02. The van der Waals surface area contributed by atoms with E-state index in [9.17, 15) is 4.79 Å². The lowest BCUT2D eigenvalue weighted by atomic mass is 10.1. The van der Waals surface area contributed by atoms with E-state index in [0.717, 1.165) is 22.2 Å². The maximum Gasteiger partial charge on any atom is 0.277 e. The average molecular weight is 377 g/mol. The van der Waals surface area contributed by atoms with Crippen LogP contribution in [0.3, 0.4) is 0 Å². The highest BCUT2D eigenvalue weighted by Crippen LogP contribution is 2.30. The van der Waals surface area contributed by atoms with Gasteiger partial charge in [-0.1, -0.05) is 12.1 Å². The lowest BCUT2D eigenvalue weighted by molar-refractivity contribution is 0.1000. The monoisotopic (exact) mass is 377 g/mol. The van der Waals surface area contributed by atoms with Crippen LogP contribution in [0.15, 0.2) is 36.0 Å². The van der Waals surface area contributed by atoms with Gasteiger partial charge in [-0.15, -0.1) is 11.3 Å². The topological polar surface area (TPSA) is 122 Å². The number of thiazole rings is 1. The first kappa shape index (κ1) is 15.9. The number of aromatic amines is 1. The highest BCUT2D eigenvalue weighted by molar-refractivity contribution is 7.12. The molecule has 0 bridgehead atoms. The number of nitrogens with two attached hydrogens (primary N) is 1. The van der Waals surface area contributed by atoms with Crippen LogP contribution < -0.4 is 11.1 Å². The van der Waals surface area contributed by atoms with E-state index in [4.69, 9.17) is 10.7 Å². The first-order valence-electron chi connectivity index (χ1n) is 8.51. The molecule has 4 aromatic rings. The first-order chi connectivity index (χ1) is 13.2. The number of imidazole rings is 1. The number of para-hydroxylation sites is 1. The smallest absolute Gasteiger partial charge is 0.277 e. The quantitative estimate of drug-likeness (QED) is 0.491. The van der Waals surface area contributed by atoms with Crippen molar-refractivity contribution in [2.24, 2.45) is 5.73 Å². The number of hydrogen-bond acceptors (Lipinski definition) is 7. The third-order valence-electron chi connectivity index (χ3n) is 4.34. The number of hydrogen-bond donors (Lipinski definition) is 3. The molecule has 3 aromatic heterocycles. The van der Waals surface area contributed by atoms with E-state index in [1.807, 2.05) is 23.6 Å². The molecule has 0 unspecified atom stereocenters. The molecule has 1 fully saturated rings. The summed E-state index contributed by atoms with van der Waals surface area (Å²) in [6.45, 7) is 0. The van der Waals surface area contributed by atoms with Gasteiger partial charge in [-0.3, -0.25) is 4.79 Å². The van der Waals surface area contributed by atoms with Crippen molar-refractivity contribution in [1.29, 1.82) is 0 Å². The van der Waals surface area contributed by atoms with Crippen molar-refractivity contribution in [2.45, 2.75) is 18.9 Å². The molecule has 4 N–H and O–H groups in total. The van der Waals surface area contributed by atoms with Crippen LogP contribution in [0.5, 0.6) is 0 Å². The summed E-state index contributed by atoms with van der Waals surface area (Å²) in [5, 5.41) is 5.36. The number of H-pyrrole nitrogens is 1. The van der Waals surface area contributed by atoms with Gasteiger partial charge in [0.2, 0.25) is 5.95 Å². The number of carbonyl (C=O) groups is 1. The van der Waals surface area contributed by atoms with Gasteiger partial charge in [0.25, 0.3) is 5.91 Å². The Balaban J connectivity index is 1.52. The molecule has 0 spiro atoms. The molecule has 0 saturated heterocycles. The molecule has 0 radical (unpaired) electrons. The molecule has 134 valence electrons. The van der Waals surface area contributed by atoms with E-state index in [0.29, 0.717) is 23.5 Å². The molecule has 1 aliphatic rings. The van der Waals surface area contributed by atoms with Gasteiger partial charge >= 0.3 is 0 Å². The van der Waals surface area contributed by atoms with E-state index < -0.39 is 5.91 Å². The van der Waals surface area contributed by atoms with E-state index in [1.54, 1.807) is 12.4 Å². The number of anilines is 1. The molecule has 0 aliphatic heterocycles. The van der Waals surface area contributed by atoms with Crippen LogP contribution in [-0.2, 0) is 0 Å². The predicted molar refractivity (Wildman–Crippen MR) is 103 cm³/mol. The minimum absolute atomic E-state index is 0.282. The molecule has 5 rings (SSSR count). The van der Waals surface area contributed by atoms with E-state index in [2.05, 4.69) is 25.3 Å². The zero-order valence-corrected chi connectivity index (χ0v) is 15.0. The number of nitrogens with zero attached hydrogens (tertiary/aromatic N) is 4. The van der Waals surface area contributed by atoms with Crippen molar-refractivity contribution in [3.8, 4) is 22.6 Å². The fraction of sp³-hybridized carbons (Fsp3) is 0.167. The highest BCUT2D eigenvalue weighted by Gasteiger charge is 2.22. The van der Waals surface area contributed by atoms with Crippen LogP contribution in [-0.4, -0.2) is 36.9 Å². The van der Waals surface area contributed by atoms with Gasteiger partial charge in [-0.2, -0.15) is 0 Å². The highest BCUT2D eigenvalue weighted by atomic mass is 32.1. The first-order valence-corrected chi connectivity index (χ1v) is 9.39. The summed E-state index contributed by atoms with van der Waals surface area (Å²) in [4.78, 5) is 32.4. The zero-order valence-electron chi connectivity index (χ0n) is 14.1. The summed E-state index contributed by atoms with van der Waals surface area (Å²) < 4.78 is 0. The number of nitrogens with one attached hydrogen (secondary N) is 2. The van der Waals surface area contributed by atoms with Crippen molar-refractivity contribution in [3.63, 3.8) is 0 Å². The molecule has 0 atom stereocenters. The van der Waals surface area contributed by atoms with Gasteiger partial charge in [0.1, 0.15) is 5.82 Å². The van der Waals surface area contributed by atoms with E-state index in [-0.39, 0.29) is 5.01 Å². The second kappa shape index (κ2) is 6.13. The molecule has 27 heavy (non-hydrogen) atoms. The van der Waals surface area contributed by atoms with Gasteiger partial charge in [-0.05, 0) is 18.9 Å². The summed E-state index contributed by atoms with van der Waals surface area (Å²) in [6.07, 6.45) is 5.85. The molecule has 1 amide bonds. The largest absolute Gasteiger partial charge is 0.364 e. The molecule has 9 heteroatoms. The summed E-state index contributed by atoms with van der Waals surface area (Å²) in [7, 11) is 0. The van der Waals surface area contributed by atoms with Crippen LogP contribution in [0.1, 0.15) is 22.6 Å². The van der Waals surface area contributed by atoms with Crippen molar-refractivity contribution >= 4 is 34.2 Å². The number of fused-ring (bicyclic) bond motifs is 1. The number of rotatable bonds is 5. The Morgan fingerprint density at radius 3 is 2.74 bits per heavy atom. The van der Waals surface area contributed by atoms with Crippen molar-refractivity contribution < 1.29 is 4.79 Å². The molecule has 1 saturated carbocycles. The van der Waals surface area contributed by atoms with Crippen molar-refractivity contribution in [1.82, 2.24) is 24.9 Å². The number of aromatic nitrogens is 5. The van der Waals surface area contributed by atoms with Crippen LogP contribution in [0.2, 0.25) is 0 Å². The minimum Gasteiger partial charge on any atom is -0.364 e.